The molecule has 2 aliphatic heterocycles. The van der Waals surface area contributed by atoms with E-state index in [1.807, 2.05) is 18.2 Å². The number of rotatable bonds is 3. The molecule has 0 aliphatic carbocycles. The number of likely N-dealkylation sites (tertiary alicyclic amines) is 1. The maximum absolute atomic E-state index is 12.5. The maximum atomic E-state index is 12.5. The molecule has 2 saturated heterocycles. The molecule has 4 rings (SSSR count). The van der Waals surface area contributed by atoms with E-state index in [2.05, 4.69) is 17.1 Å². The highest BCUT2D eigenvalue weighted by atomic mass is 16.6. The van der Waals surface area contributed by atoms with Crippen LogP contribution in [0.1, 0.15) is 28.5 Å². The summed E-state index contributed by atoms with van der Waals surface area (Å²) in [6.45, 7) is 1.65. The molecule has 0 bridgehead atoms. The van der Waals surface area contributed by atoms with Gasteiger partial charge in [-0.2, -0.15) is 0 Å². The number of hydrogen-bond acceptors (Lipinski definition) is 5. The van der Waals surface area contributed by atoms with Crippen LogP contribution in [0.2, 0.25) is 0 Å². The van der Waals surface area contributed by atoms with Crippen LogP contribution >= 0.6 is 0 Å². The Balaban J connectivity index is 1.53. The van der Waals surface area contributed by atoms with Crippen LogP contribution in [0.25, 0.3) is 0 Å². The van der Waals surface area contributed by atoms with Crippen molar-refractivity contribution in [2.75, 3.05) is 26.8 Å². The van der Waals surface area contributed by atoms with Gasteiger partial charge in [-0.25, -0.2) is 4.98 Å². The Bertz CT molecular complexity index is 703. The molecule has 0 saturated carbocycles. The number of carbonyl (C=O) groups excluding carboxylic acids is 1. The minimum atomic E-state index is -0.453. The Hall–Kier alpha value is -2.18. The maximum Gasteiger partial charge on any atom is 0.291 e. The van der Waals surface area contributed by atoms with E-state index < -0.39 is 5.60 Å². The van der Waals surface area contributed by atoms with Gasteiger partial charge in [-0.1, -0.05) is 30.3 Å². The molecule has 2 fully saturated rings. The molecule has 1 amide bonds. The van der Waals surface area contributed by atoms with Gasteiger partial charge < -0.3 is 18.8 Å². The second-order valence-electron chi connectivity index (χ2n) is 6.46. The topological polar surface area (TPSA) is 64.8 Å². The van der Waals surface area contributed by atoms with Crippen molar-refractivity contribution in [3.8, 4) is 0 Å². The molecule has 1 spiro atoms. The Kier molecular flexibility index (Phi) is 3.86. The minimum Gasteiger partial charge on any atom is -0.438 e. The summed E-state index contributed by atoms with van der Waals surface area (Å²) in [4.78, 5) is 18.1. The average molecular weight is 328 g/mol. The third-order valence-corrected chi connectivity index (χ3v) is 5.08. The first-order valence-electron chi connectivity index (χ1n) is 8.11. The van der Waals surface area contributed by atoms with Crippen LogP contribution in [0.5, 0.6) is 0 Å². The second-order valence-corrected chi connectivity index (χ2v) is 6.46. The number of nitrogens with zero attached hydrogens (tertiary/aromatic N) is 2. The van der Waals surface area contributed by atoms with Crippen molar-refractivity contribution in [3.63, 3.8) is 0 Å². The van der Waals surface area contributed by atoms with Gasteiger partial charge in [-0.05, 0) is 12.0 Å². The molecule has 3 heterocycles. The summed E-state index contributed by atoms with van der Waals surface area (Å²) in [5.74, 6) is 0.405. The Morgan fingerprint density at radius 3 is 2.92 bits per heavy atom. The number of ether oxygens (including phenoxy) is 2. The molecule has 1 aromatic heterocycles. The molecule has 0 N–H and O–H groups in total. The minimum absolute atomic E-state index is 0.141. The summed E-state index contributed by atoms with van der Waals surface area (Å²) in [6.07, 6.45) is 3.41. The fraction of sp³-hybridized carbons (Fsp3) is 0.444. The Morgan fingerprint density at radius 2 is 2.21 bits per heavy atom. The summed E-state index contributed by atoms with van der Waals surface area (Å²) < 4.78 is 17.0. The van der Waals surface area contributed by atoms with E-state index in [0.29, 0.717) is 25.6 Å². The van der Waals surface area contributed by atoms with Crippen molar-refractivity contribution >= 4 is 5.91 Å². The monoisotopic (exact) mass is 328 g/mol. The summed E-state index contributed by atoms with van der Waals surface area (Å²) in [5.41, 5.74) is 0.814. The van der Waals surface area contributed by atoms with Crippen LogP contribution in [-0.2, 0) is 9.47 Å². The summed E-state index contributed by atoms with van der Waals surface area (Å²) >= 11 is 0. The number of benzene rings is 1. The number of aromatic nitrogens is 1. The molecule has 6 heteroatoms. The van der Waals surface area contributed by atoms with Crippen molar-refractivity contribution in [2.45, 2.75) is 24.0 Å². The van der Waals surface area contributed by atoms with Gasteiger partial charge in [0.1, 0.15) is 11.7 Å². The predicted octanol–water partition coefficient (Wildman–Crippen LogP) is 2.09. The van der Waals surface area contributed by atoms with Crippen molar-refractivity contribution < 1.29 is 18.7 Å². The van der Waals surface area contributed by atoms with Gasteiger partial charge in [0.25, 0.3) is 5.91 Å². The Morgan fingerprint density at radius 1 is 1.38 bits per heavy atom. The zero-order chi connectivity index (χ0) is 16.6. The fourth-order valence-electron chi connectivity index (χ4n) is 3.85. The number of carbonyl (C=O) groups is 1. The molecule has 1 aromatic carbocycles. The van der Waals surface area contributed by atoms with Crippen LogP contribution in [0.15, 0.2) is 47.3 Å². The van der Waals surface area contributed by atoms with Gasteiger partial charge in [0.05, 0.1) is 25.9 Å². The van der Waals surface area contributed by atoms with E-state index in [9.17, 15) is 4.79 Å². The van der Waals surface area contributed by atoms with Crippen LogP contribution < -0.4 is 0 Å². The second kappa shape index (κ2) is 6.03. The van der Waals surface area contributed by atoms with Gasteiger partial charge in [0.15, 0.2) is 6.39 Å². The number of hydrogen-bond donors (Lipinski definition) is 0. The summed E-state index contributed by atoms with van der Waals surface area (Å²) in [6, 6.07) is 10.4. The van der Waals surface area contributed by atoms with Crippen molar-refractivity contribution in [1.29, 1.82) is 0 Å². The highest BCUT2D eigenvalue weighted by Crippen LogP contribution is 2.43. The van der Waals surface area contributed by atoms with E-state index in [-0.39, 0.29) is 17.8 Å². The normalized spacial score (nSPS) is 29.5. The molecule has 2 aromatic rings. The van der Waals surface area contributed by atoms with Crippen LogP contribution in [-0.4, -0.2) is 54.3 Å². The number of methoxy groups -OCH3 is 1. The van der Waals surface area contributed by atoms with E-state index >= 15 is 0 Å². The van der Waals surface area contributed by atoms with Gasteiger partial charge in [0.2, 0.25) is 5.76 Å². The molecule has 6 nitrogen and oxygen atoms in total. The summed E-state index contributed by atoms with van der Waals surface area (Å²) in [5, 5.41) is 0. The van der Waals surface area contributed by atoms with Gasteiger partial charge in [-0.3, -0.25) is 4.79 Å². The zero-order valence-electron chi connectivity index (χ0n) is 13.6. The molecular weight excluding hydrogens is 308 g/mol. The van der Waals surface area contributed by atoms with E-state index in [1.165, 1.54) is 18.2 Å². The smallest absolute Gasteiger partial charge is 0.291 e. The van der Waals surface area contributed by atoms with Crippen LogP contribution in [0.4, 0.5) is 0 Å². The first-order valence-corrected chi connectivity index (χ1v) is 8.11. The van der Waals surface area contributed by atoms with Gasteiger partial charge >= 0.3 is 0 Å². The molecule has 0 unspecified atom stereocenters. The lowest BCUT2D eigenvalue weighted by Gasteiger charge is -2.28. The number of oxazole rings is 1. The Labute approximate surface area is 140 Å². The zero-order valence-corrected chi connectivity index (χ0v) is 13.6. The van der Waals surface area contributed by atoms with E-state index in [0.717, 1.165) is 6.42 Å². The molecular formula is C18H20N2O4. The van der Waals surface area contributed by atoms with Crippen LogP contribution in [0, 0.1) is 0 Å². The lowest BCUT2D eigenvalue weighted by atomic mass is 9.87. The number of amides is 1. The molecule has 126 valence electrons. The molecule has 2 aliphatic rings. The third kappa shape index (κ3) is 2.52. The highest BCUT2D eigenvalue weighted by Gasteiger charge is 2.54. The highest BCUT2D eigenvalue weighted by molar-refractivity contribution is 5.91. The fourth-order valence-corrected chi connectivity index (χ4v) is 3.85. The first kappa shape index (κ1) is 15.4. The standard InChI is InChI=1S/C18H20N2O4/c1-22-16-9-20(17(21)15-8-19-12-23-15)11-18(16)7-14(10-24-18)13-5-3-2-4-6-13/h2-6,8,12,14,16H,7,9-11H2,1H3/t14-,16-,18-/m1/s1. The largest absolute Gasteiger partial charge is 0.438 e. The van der Waals surface area contributed by atoms with E-state index in [4.69, 9.17) is 13.9 Å². The van der Waals surface area contributed by atoms with Crippen molar-refractivity contribution in [3.05, 3.63) is 54.2 Å². The van der Waals surface area contributed by atoms with Gasteiger partial charge in [-0.15, -0.1) is 0 Å². The van der Waals surface area contributed by atoms with Gasteiger partial charge in [0, 0.05) is 13.0 Å². The lowest BCUT2D eigenvalue weighted by Crippen LogP contribution is -2.42. The average Bonchev–Trinajstić information content (AvgIpc) is 3.36. The van der Waals surface area contributed by atoms with Crippen molar-refractivity contribution in [2.24, 2.45) is 0 Å². The molecule has 3 atom stereocenters. The molecule has 0 radical (unpaired) electrons. The quantitative estimate of drug-likeness (QED) is 0.863. The van der Waals surface area contributed by atoms with Crippen molar-refractivity contribution in [1.82, 2.24) is 9.88 Å². The van der Waals surface area contributed by atoms with E-state index in [1.54, 1.807) is 12.0 Å². The first-order chi connectivity index (χ1) is 11.7. The predicted molar refractivity (Wildman–Crippen MR) is 85.7 cm³/mol. The SMILES string of the molecule is CO[C@@H]1CN(C(=O)c2cnco2)C[C@]12C[C@@H](c1ccccc1)CO2. The summed E-state index contributed by atoms with van der Waals surface area (Å²) in [7, 11) is 1.67. The lowest BCUT2D eigenvalue weighted by molar-refractivity contribution is -0.0755. The van der Waals surface area contributed by atoms with Crippen LogP contribution in [0.3, 0.4) is 0 Å². The third-order valence-electron chi connectivity index (χ3n) is 5.08. The molecule has 24 heavy (non-hydrogen) atoms.